The van der Waals surface area contributed by atoms with Crippen molar-refractivity contribution < 1.29 is 27.7 Å². The molecule has 5 rings (SSSR count). The van der Waals surface area contributed by atoms with E-state index in [0.717, 1.165) is 18.2 Å². The van der Waals surface area contributed by atoms with Crippen LogP contribution in [-0.4, -0.2) is 47.5 Å². The van der Waals surface area contributed by atoms with E-state index in [1.807, 2.05) is 58.4 Å². The second kappa shape index (κ2) is 13.2. The Kier molecular flexibility index (Phi) is 9.59. The van der Waals surface area contributed by atoms with Gasteiger partial charge in [-0.2, -0.15) is 5.26 Å². The molecule has 3 heterocycles. The Balaban J connectivity index is 1.53. The van der Waals surface area contributed by atoms with Gasteiger partial charge in [-0.25, -0.2) is 18.8 Å². The molecule has 1 aliphatic rings. The largest absolute Gasteiger partial charge is 0.490 e. The monoisotopic (exact) mass is 675 g/mol. The fourth-order valence-electron chi connectivity index (χ4n) is 5.07. The summed E-state index contributed by atoms with van der Waals surface area (Å²) in [6, 6.07) is 12.5. The summed E-state index contributed by atoms with van der Waals surface area (Å²) in [4.78, 5) is 9.12. The molecule has 0 unspecified atom stereocenters. The van der Waals surface area contributed by atoms with E-state index in [2.05, 4.69) is 41.0 Å². The van der Waals surface area contributed by atoms with Gasteiger partial charge in [0, 0.05) is 50.5 Å². The van der Waals surface area contributed by atoms with E-state index >= 15 is 8.78 Å². The summed E-state index contributed by atoms with van der Waals surface area (Å²) < 4.78 is 56.8. The molecule has 9 nitrogen and oxygen atoms in total. The highest BCUT2D eigenvalue weighted by atomic mass is 28.3. The lowest BCUT2D eigenvalue weighted by atomic mass is 9.87. The molecular formula is C36H43F2N5O4Si. The number of aromatic nitrogens is 2. The van der Waals surface area contributed by atoms with Crippen molar-refractivity contribution in [3.63, 3.8) is 0 Å². The zero-order valence-electron chi connectivity index (χ0n) is 29.0. The van der Waals surface area contributed by atoms with Crippen molar-refractivity contribution >= 4 is 30.8 Å². The lowest BCUT2D eigenvalue weighted by Crippen LogP contribution is -2.41. The maximum Gasteiger partial charge on any atom is 0.290 e. The number of pyridine rings is 1. The number of halogens is 2. The second-order valence-electron chi connectivity index (χ2n) is 14.4. The normalized spacial score (nSPS) is 15.3. The van der Waals surface area contributed by atoms with Gasteiger partial charge in [0.15, 0.2) is 17.4 Å². The average Bonchev–Trinajstić information content (AvgIpc) is 3.45. The maximum atomic E-state index is 15.6. The number of fused-ring (bicyclic) bond motifs is 1. The van der Waals surface area contributed by atoms with Crippen molar-refractivity contribution in [1.82, 2.24) is 9.55 Å². The Morgan fingerprint density at radius 3 is 2.35 bits per heavy atom. The first-order chi connectivity index (χ1) is 22.5. The molecule has 1 aliphatic heterocycles. The summed E-state index contributed by atoms with van der Waals surface area (Å²) >= 11 is 0. The third-order valence-corrected chi connectivity index (χ3v) is 10.1. The minimum absolute atomic E-state index is 0.119. The number of hydrogen-bond donors (Lipinski definition) is 1. The molecule has 4 aromatic rings. The van der Waals surface area contributed by atoms with Crippen molar-refractivity contribution in [3.05, 3.63) is 66.0 Å². The molecule has 0 aliphatic carbocycles. The van der Waals surface area contributed by atoms with Crippen LogP contribution in [-0.2, 0) is 16.2 Å². The van der Waals surface area contributed by atoms with Gasteiger partial charge in [0.2, 0.25) is 0 Å². The highest BCUT2D eigenvalue weighted by molar-refractivity contribution is 6.76. The number of aliphatic imine (C=N–C) groups is 1. The third kappa shape index (κ3) is 7.47. The van der Waals surface area contributed by atoms with Crippen LogP contribution in [0.5, 0.6) is 17.2 Å². The molecule has 0 atom stereocenters. The predicted molar refractivity (Wildman–Crippen MR) is 186 cm³/mol. The average molecular weight is 676 g/mol. The highest BCUT2D eigenvalue weighted by Crippen LogP contribution is 2.41. The number of amidine groups is 1. The fourth-order valence-corrected chi connectivity index (χ4v) is 5.82. The summed E-state index contributed by atoms with van der Waals surface area (Å²) in [6.45, 7) is 19.1. The topological polar surface area (TPSA) is 103 Å². The van der Waals surface area contributed by atoms with Gasteiger partial charge in [0.05, 0.1) is 22.6 Å². The lowest BCUT2D eigenvalue weighted by molar-refractivity contribution is 0.0613. The second-order valence-corrected chi connectivity index (χ2v) is 20.1. The van der Waals surface area contributed by atoms with Crippen LogP contribution in [0.1, 0.15) is 47.1 Å². The molecule has 2 aromatic carbocycles. The van der Waals surface area contributed by atoms with Crippen LogP contribution >= 0.6 is 0 Å². The Morgan fingerprint density at radius 1 is 1.04 bits per heavy atom. The van der Waals surface area contributed by atoms with Crippen LogP contribution in [0.4, 0.5) is 14.5 Å². The van der Waals surface area contributed by atoms with E-state index in [9.17, 15) is 5.26 Å². The minimum Gasteiger partial charge on any atom is -0.490 e. The third-order valence-electron chi connectivity index (χ3n) is 8.39. The Morgan fingerprint density at radius 2 is 1.75 bits per heavy atom. The van der Waals surface area contributed by atoms with Gasteiger partial charge in [-0.05, 0) is 71.3 Å². The minimum atomic E-state index is -1.32. The smallest absolute Gasteiger partial charge is 0.290 e. The lowest BCUT2D eigenvalue weighted by Gasteiger charge is -2.30. The van der Waals surface area contributed by atoms with Gasteiger partial charge < -0.3 is 28.8 Å². The standard InChI is InChI=1S/C36H43F2N5O4Si/c1-22(2)45-29-11-10-23(16-24(29)19-39)26-20-43(21-44-14-15-48(7,8)9)33-31(26)30(12-13-40-33)46-32-27(37)17-25(18-28(32)38)41-34-42-35(3,4)36(5,6)47-34/h10-13,16-18,20,22H,14-15,21H2,1-9H3,(H,41,42). The number of nitriles is 1. The van der Waals surface area contributed by atoms with Crippen LogP contribution < -0.4 is 14.8 Å². The first-order valence-electron chi connectivity index (χ1n) is 16.0. The molecule has 48 heavy (non-hydrogen) atoms. The van der Waals surface area contributed by atoms with Crippen LogP contribution in [0.2, 0.25) is 25.7 Å². The van der Waals surface area contributed by atoms with Crippen LogP contribution in [0.25, 0.3) is 22.2 Å². The number of nitrogens with zero attached hydrogens (tertiary/aromatic N) is 4. The highest BCUT2D eigenvalue weighted by Gasteiger charge is 2.45. The molecule has 0 radical (unpaired) electrons. The number of rotatable bonds is 11. The molecular weight excluding hydrogens is 633 g/mol. The molecule has 0 spiro atoms. The van der Waals surface area contributed by atoms with Crippen molar-refractivity contribution in [2.24, 2.45) is 4.99 Å². The number of benzene rings is 2. The summed E-state index contributed by atoms with van der Waals surface area (Å²) in [5.74, 6) is -1.77. The summed E-state index contributed by atoms with van der Waals surface area (Å²) in [6.07, 6.45) is 3.25. The molecule has 0 amide bonds. The molecule has 2 aromatic heterocycles. The number of nitrogens with one attached hydrogen (secondary N) is 1. The quantitative estimate of drug-likeness (QED) is 0.125. The fraction of sp³-hybridized carbons (Fsp3) is 0.417. The first-order valence-corrected chi connectivity index (χ1v) is 19.7. The van der Waals surface area contributed by atoms with Crippen LogP contribution in [0.3, 0.4) is 0 Å². The van der Waals surface area contributed by atoms with Gasteiger partial charge in [0.25, 0.3) is 6.02 Å². The maximum absolute atomic E-state index is 15.6. The van der Waals surface area contributed by atoms with Crippen molar-refractivity contribution in [3.8, 4) is 34.4 Å². The molecule has 0 saturated heterocycles. The Labute approximate surface area is 281 Å². The van der Waals surface area contributed by atoms with E-state index in [4.69, 9.17) is 18.9 Å². The molecule has 254 valence electrons. The van der Waals surface area contributed by atoms with Gasteiger partial charge >= 0.3 is 0 Å². The molecule has 1 N–H and O–H groups in total. The zero-order valence-corrected chi connectivity index (χ0v) is 30.0. The number of hydrogen-bond acceptors (Lipinski definition) is 8. The van der Waals surface area contributed by atoms with E-state index in [0.29, 0.717) is 40.1 Å². The summed E-state index contributed by atoms with van der Waals surface area (Å²) in [7, 11) is -1.32. The van der Waals surface area contributed by atoms with Crippen molar-refractivity contribution in [1.29, 1.82) is 5.26 Å². The number of anilines is 1. The van der Waals surface area contributed by atoms with Gasteiger partial charge in [-0.1, -0.05) is 25.7 Å². The molecule has 0 saturated carbocycles. The van der Waals surface area contributed by atoms with Crippen LogP contribution in [0, 0.1) is 23.0 Å². The van der Waals surface area contributed by atoms with Gasteiger partial charge in [-0.3, -0.25) is 0 Å². The molecule has 12 heteroatoms. The molecule has 0 bridgehead atoms. The van der Waals surface area contributed by atoms with E-state index in [1.54, 1.807) is 18.2 Å². The van der Waals surface area contributed by atoms with E-state index < -0.39 is 36.6 Å². The van der Waals surface area contributed by atoms with Crippen LogP contribution in [0.15, 0.2) is 53.8 Å². The summed E-state index contributed by atoms with van der Waals surface area (Å²) in [5.41, 5.74) is 1.15. The SMILES string of the molecule is CC(C)Oc1ccc(-c2cn(COCC[Si](C)(C)C)c3nccc(Oc4c(F)cc(NC5=NC(C)(C)C(C)(C)O5)cc4F)c23)cc1C#N. The van der Waals surface area contributed by atoms with Gasteiger partial charge in [0.1, 0.15) is 35.5 Å². The first kappa shape index (κ1) is 34.9. The van der Waals surface area contributed by atoms with Crippen molar-refractivity contribution in [2.45, 2.75) is 91.2 Å². The predicted octanol–water partition coefficient (Wildman–Crippen LogP) is 9.10. The van der Waals surface area contributed by atoms with Crippen molar-refractivity contribution in [2.75, 3.05) is 11.9 Å². The van der Waals surface area contributed by atoms with Gasteiger partial charge in [-0.15, -0.1) is 0 Å². The summed E-state index contributed by atoms with van der Waals surface area (Å²) in [5, 5.41) is 13.3. The van der Waals surface area contributed by atoms with E-state index in [1.165, 1.54) is 6.20 Å². The number of ether oxygens (including phenoxy) is 4. The Bertz CT molecular complexity index is 1880. The zero-order chi connectivity index (χ0) is 35.0. The molecule has 0 fully saturated rings. The van der Waals surface area contributed by atoms with E-state index in [-0.39, 0.29) is 30.3 Å². The Hall–Kier alpha value is -4.47.